The van der Waals surface area contributed by atoms with Gasteiger partial charge in [-0.05, 0) is 47.7 Å². The number of sulfonamides is 1. The van der Waals surface area contributed by atoms with Crippen LogP contribution in [0.2, 0.25) is 0 Å². The Labute approximate surface area is 161 Å². The van der Waals surface area contributed by atoms with Crippen molar-refractivity contribution in [3.63, 3.8) is 0 Å². The number of rotatable bonds is 7. The molecule has 3 rings (SSSR count). The van der Waals surface area contributed by atoms with Crippen molar-refractivity contribution in [2.75, 3.05) is 0 Å². The Morgan fingerprint density at radius 2 is 1.56 bits per heavy atom. The molecule has 0 aliphatic rings. The van der Waals surface area contributed by atoms with E-state index in [4.69, 9.17) is 0 Å². The van der Waals surface area contributed by atoms with E-state index in [2.05, 4.69) is 23.6 Å². The molecule has 0 radical (unpaired) electrons. The minimum atomic E-state index is -3.69. The zero-order chi connectivity index (χ0) is 19.3. The van der Waals surface area contributed by atoms with Gasteiger partial charge < -0.3 is 0 Å². The third-order valence-electron chi connectivity index (χ3n) is 4.76. The van der Waals surface area contributed by atoms with Crippen LogP contribution in [-0.4, -0.2) is 13.4 Å². The van der Waals surface area contributed by atoms with Crippen LogP contribution in [0.15, 0.2) is 83.9 Å². The summed E-state index contributed by atoms with van der Waals surface area (Å²) in [7, 11) is -3.69. The molecule has 0 amide bonds. The minimum absolute atomic E-state index is 0.256. The largest absolute Gasteiger partial charge is 0.259 e. The molecular weight excluding hydrogens is 356 g/mol. The molecule has 1 heterocycles. The van der Waals surface area contributed by atoms with Crippen LogP contribution in [-0.2, 0) is 10.0 Å². The van der Waals surface area contributed by atoms with E-state index < -0.39 is 16.1 Å². The topological polar surface area (TPSA) is 59.1 Å². The average Bonchev–Trinajstić information content (AvgIpc) is 2.73. The van der Waals surface area contributed by atoms with Crippen molar-refractivity contribution in [2.45, 2.75) is 37.1 Å². The number of benzene rings is 2. The van der Waals surface area contributed by atoms with Crippen LogP contribution in [0, 0.1) is 0 Å². The molecule has 3 aromatic rings. The summed E-state index contributed by atoms with van der Waals surface area (Å²) in [4.78, 5) is 4.61. The maximum Gasteiger partial charge on any atom is 0.241 e. The Kier molecular flexibility index (Phi) is 6.04. The molecule has 0 aliphatic heterocycles. The van der Waals surface area contributed by atoms with Gasteiger partial charge in [0.1, 0.15) is 0 Å². The summed E-state index contributed by atoms with van der Waals surface area (Å²) in [6, 6.07) is 21.5. The second-order valence-electron chi connectivity index (χ2n) is 6.60. The van der Waals surface area contributed by atoms with Gasteiger partial charge in [0.25, 0.3) is 0 Å². The van der Waals surface area contributed by atoms with E-state index in [-0.39, 0.29) is 4.90 Å². The molecule has 0 saturated carbocycles. The van der Waals surface area contributed by atoms with Gasteiger partial charge in [0.2, 0.25) is 10.0 Å². The van der Waals surface area contributed by atoms with Crippen molar-refractivity contribution in [2.24, 2.45) is 0 Å². The first kappa shape index (κ1) is 19.3. The standard InChI is InChI=1S/C22H24N2O2S/c1-3-17(2)18-12-14-20(15-13-18)27(25,26)24-22(19-9-5-4-6-10-19)21-11-7-8-16-23-21/h4-17,22,24H,3H2,1-2H3. The van der Waals surface area contributed by atoms with Crippen molar-refractivity contribution in [3.05, 3.63) is 95.8 Å². The smallest absolute Gasteiger partial charge is 0.241 e. The zero-order valence-corrected chi connectivity index (χ0v) is 16.4. The third kappa shape index (κ3) is 4.62. The van der Waals surface area contributed by atoms with Gasteiger partial charge in [-0.25, -0.2) is 8.42 Å². The fraction of sp³-hybridized carbons (Fsp3) is 0.227. The Morgan fingerprint density at radius 1 is 0.889 bits per heavy atom. The predicted octanol–water partition coefficient (Wildman–Crippen LogP) is 4.66. The Hall–Kier alpha value is -2.50. The van der Waals surface area contributed by atoms with Gasteiger partial charge in [-0.1, -0.05) is 62.4 Å². The molecule has 0 bridgehead atoms. The van der Waals surface area contributed by atoms with Gasteiger partial charge in [-0.3, -0.25) is 4.98 Å². The normalized spacial score (nSPS) is 13.9. The highest BCUT2D eigenvalue weighted by Crippen LogP contribution is 2.24. The van der Waals surface area contributed by atoms with Crippen molar-refractivity contribution < 1.29 is 8.42 Å². The van der Waals surface area contributed by atoms with E-state index in [1.54, 1.807) is 18.3 Å². The molecule has 0 spiro atoms. The molecule has 0 saturated heterocycles. The fourth-order valence-electron chi connectivity index (χ4n) is 2.93. The summed E-state index contributed by atoms with van der Waals surface area (Å²) in [5, 5.41) is 0. The molecule has 140 valence electrons. The van der Waals surface area contributed by atoms with Gasteiger partial charge in [-0.2, -0.15) is 4.72 Å². The molecule has 27 heavy (non-hydrogen) atoms. The van der Waals surface area contributed by atoms with Gasteiger partial charge in [0.05, 0.1) is 16.6 Å². The number of hydrogen-bond acceptors (Lipinski definition) is 3. The van der Waals surface area contributed by atoms with Gasteiger partial charge in [0, 0.05) is 6.20 Å². The second-order valence-corrected chi connectivity index (χ2v) is 8.31. The molecule has 1 N–H and O–H groups in total. The lowest BCUT2D eigenvalue weighted by Gasteiger charge is -2.19. The maximum absolute atomic E-state index is 13.0. The number of nitrogens with zero attached hydrogens (tertiary/aromatic N) is 1. The Balaban J connectivity index is 1.93. The molecule has 2 aromatic carbocycles. The van der Waals surface area contributed by atoms with Crippen LogP contribution in [0.4, 0.5) is 0 Å². The zero-order valence-electron chi connectivity index (χ0n) is 15.5. The molecule has 1 aromatic heterocycles. The summed E-state index contributed by atoms with van der Waals surface area (Å²) in [5.41, 5.74) is 2.64. The lowest BCUT2D eigenvalue weighted by molar-refractivity contribution is 0.570. The third-order valence-corrected chi connectivity index (χ3v) is 6.20. The van der Waals surface area contributed by atoms with E-state index in [0.29, 0.717) is 11.6 Å². The summed E-state index contributed by atoms with van der Waals surface area (Å²) in [6.07, 6.45) is 2.68. The minimum Gasteiger partial charge on any atom is -0.259 e. The van der Waals surface area contributed by atoms with Gasteiger partial charge in [0.15, 0.2) is 0 Å². The fourth-order valence-corrected chi connectivity index (χ4v) is 4.12. The van der Waals surface area contributed by atoms with E-state index >= 15 is 0 Å². The van der Waals surface area contributed by atoms with Crippen molar-refractivity contribution in [1.82, 2.24) is 9.71 Å². The molecule has 0 aliphatic carbocycles. The quantitative estimate of drug-likeness (QED) is 0.648. The second kappa shape index (κ2) is 8.46. The highest BCUT2D eigenvalue weighted by Gasteiger charge is 2.23. The molecule has 0 fully saturated rings. The van der Waals surface area contributed by atoms with Crippen LogP contribution in [0.1, 0.15) is 49.0 Å². The first-order chi connectivity index (χ1) is 13.0. The first-order valence-corrected chi connectivity index (χ1v) is 10.6. The number of hydrogen-bond donors (Lipinski definition) is 1. The highest BCUT2D eigenvalue weighted by molar-refractivity contribution is 7.89. The Bertz CT molecular complexity index is 917. The maximum atomic E-state index is 13.0. The predicted molar refractivity (Wildman–Crippen MR) is 108 cm³/mol. The van der Waals surface area contributed by atoms with Crippen molar-refractivity contribution >= 4 is 10.0 Å². The SMILES string of the molecule is CCC(C)c1ccc(S(=O)(=O)NC(c2ccccc2)c2ccccn2)cc1. The van der Waals surface area contributed by atoms with E-state index in [1.807, 2.05) is 60.7 Å². The lowest BCUT2D eigenvalue weighted by Crippen LogP contribution is -2.30. The number of pyridine rings is 1. The van der Waals surface area contributed by atoms with E-state index in [1.165, 1.54) is 0 Å². The average molecular weight is 381 g/mol. The van der Waals surface area contributed by atoms with Crippen molar-refractivity contribution in [3.8, 4) is 0 Å². The molecule has 5 heteroatoms. The summed E-state index contributed by atoms with van der Waals surface area (Å²) >= 11 is 0. The summed E-state index contributed by atoms with van der Waals surface area (Å²) in [5.74, 6) is 0.403. The summed E-state index contributed by atoms with van der Waals surface area (Å²) < 4.78 is 28.8. The molecule has 2 atom stereocenters. The molecule has 2 unspecified atom stereocenters. The number of aromatic nitrogens is 1. The van der Waals surface area contributed by atoms with Crippen LogP contribution < -0.4 is 4.72 Å². The van der Waals surface area contributed by atoms with E-state index in [0.717, 1.165) is 17.5 Å². The van der Waals surface area contributed by atoms with Crippen LogP contribution in [0.3, 0.4) is 0 Å². The monoisotopic (exact) mass is 380 g/mol. The van der Waals surface area contributed by atoms with Crippen LogP contribution in [0.5, 0.6) is 0 Å². The van der Waals surface area contributed by atoms with Crippen LogP contribution >= 0.6 is 0 Å². The Morgan fingerprint density at radius 3 is 2.15 bits per heavy atom. The van der Waals surface area contributed by atoms with E-state index in [9.17, 15) is 8.42 Å². The first-order valence-electron chi connectivity index (χ1n) is 9.09. The number of nitrogens with one attached hydrogen (secondary N) is 1. The molecule has 4 nitrogen and oxygen atoms in total. The van der Waals surface area contributed by atoms with Crippen LogP contribution in [0.25, 0.3) is 0 Å². The van der Waals surface area contributed by atoms with Crippen molar-refractivity contribution in [1.29, 1.82) is 0 Å². The summed E-state index contributed by atoms with van der Waals surface area (Å²) in [6.45, 7) is 4.25. The van der Waals surface area contributed by atoms with Gasteiger partial charge >= 0.3 is 0 Å². The lowest BCUT2D eigenvalue weighted by atomic mass is 9.99. The highest BCUT2D eigenvalue weighted by atomic mass is 32.2. The van der Waals surface area contributed by atoms with Gasteiger partial charge in [-0.15, -0.1) is 0 Å². The molecular formula is C22H24N2O2S.